The van der Waals surface area contributed by atoms with E-state index in [1.165, 1.54) is 12.0 Å². The van der Waals surface area contributed by atoms with Gasteiger partial charge in [0, 0.05) is 18.7 Å². The van der Waals surface area contributed by atoms with Crippen molar-refractivity contribution in [3.8, 4) is 11.5 Å². The third-order valence-electron chi connectivity index (χ3n) is 4.31. The number of carbonyl (C=O) groups is 1. The van der Waals surface area contributed by atoms with Gasteiger partial charge in [-0.2, -0.15) is 0 Å². The van der Waals surface area contributed by atoms with E-state index < -0.39 is 0 Å². The number of carbonyl (C=O) groups excluding carboxylic acids is 1. The van der Waals surface area contributed by atoms with Gasteiger partial charge < -0.3 is 19.8 Å². The standard InChI is InChI=1S/C19H25N3O3/c1-14-5-7-15(8-6-14)18-22-16(13-25-18)12-21-19(23)20-10-9-17-4-2-3-11-24-17/h5-8,13,17H,2-4,9-12H2,1H3,(H2,20,21,23)/t17-/m0/s1. The molecule has 1 aliphatic rings. The maximum absolute atomic E-state index is 11.9. The van der Waals surface area contributed by atoms with E-state index in [-0.39, 0.29) is 12.1 Å². The average molecular weight is 343 g/mol. The Morgan fingerprint density at radius 2 is 2.08 bits per heavy atom. The lowest BCUT2D eigenvalue weighted by atomic mass is 10.1. The van der Waals surface area contributed by atoms with Crippen molar-refractivity contribution >= 4 is 6.03 Å². The Morgan fingerprint density at radius 1 is 1.24 bits per heavy atom. The second kappa shape index (κ2) is 8.67. The topological polar surface area (TPSA) is 76.4 Å². The highest BCUT2D eigenvalue weighted by atomic mass is 16.5. The van der Waals surface area contributed by atoms with Crippen LogP contribution in [0.2, 0.25) is 0 Å². The summed E-state index contributed by atoms with van der Waals surface area (Å²) in [5.74, 6) is 0.562. The van der Waals surface area contributed by atoms with Crippen molar-refractivity contribution in [1.29, 1.82) is 0 Å². The Hall–Kier alpha value is -2.34. The zero-order chi connectivity index (χ0) is 17.5. The first-order chi connectivity index (χ1) is 12.2. The van der Waals surface area contributed by atoms with Gasteiger partial charge in [0.1, 0.15) is 6.26 Å². The lowest BCUT2D eigenvalue weighted by molar-refractivity contribution is 0.0120. The van der Waals surface area contributed by atoms with Gasteiger partial charge in [-0.3, -0.25) is 0 Å². The van der Waals surface area contributed by atoms with Crippen LogP contribution in [0.3, 0.4) is 0 Å². The minimum absolute atomic E-state index is 0.198. The minimum Gasteiger partial charge on any atom is -0.444 e. The molecule has 2 heterocycles. The molecule has 1 aromatic carbocycles. The predicted molar refractivity (Wildman–Crippen MR) is 95.1 cm³/mol. The molecule has 0 aliphatic carbocycles. The summed E-state index contributed by atoms with van der Waals surface area (Å²) in [6, 6.07) is 7.77. The second-order valence-electron chi connectivity index (χ2n) is 6.40. The highest BCUT2D eigenvalue weighted by Crippen LogP contribution is 2.19. The van der Waals surface area contributed by atoms with Crippen molar-refractivity contribution in [3.63, 3.8) is 0 Å². The molecule has 134 valence electrons. The molecule has 2 aromatic rings. The summed E-state index contributed by atoms with van der Waals surface area (Å²) in [6.45, 7) is 3.82. The van der Waals surface area contributed by atoms with E-state index in [0.717, 1.165) is 31.4 Å². The molecule has 0 spiro atoms. The molecule has 0 unspecified atom stereocenters. The van der Waals surface area contributed by atoms with Gasteiger partial charge in [-0.15, -0.1) is 0 Å². The average Bonchev–Trinajstić information content (AvgIpc) is 3.10. The SMILES string of the molecule is Cc1ccc(-c2nc(CNC(=O)NCC[C@@H]3CCCCO3)co2)cc1. The molecule has 25 heavy (non-hydrogen) atoms. The van der Waals surface area contributed by atoms with Gasteiger partial charge in [0.15, 0.2) is 0 Å². The lowest BCUT2D eigenvalue weighted by Gasteiger charge is -2.22. The van der Waals surface area contributed by atoms with E-state index in [0.29, 0.717) is 24.7 Å². The third-order valence-corrected chi connectivity index (χ3v) is 4.31. The molecule has 1 atom stereocenters. The highest BCUT2D eigenvalue weighted by molar-refractivity contribution is 5.73. The zero-order valence-corrected chi connectivity index (χ0v) is 14.6. The molecular formula is C19H25N3O3. The second-order valence-corrected chi connectivity index (χ2v) is 6.40. The van der Waals surface area contributed by atoms with Gasteiger partial charge >= 0.3 is 6.03 Å². The fourth-order valence-electron chi connectivity index (χ4n) is 2.83. The monoisotopic (exact) mass is 343 g/mol. The number of urea groups is 1. The Labute approximate surface area is 148 Å². The number of oxazole rings is 1. The summed E-state index contributed by atoms with van der Waals surface area (Å²) < 4.78 is 11.1. The fraction of sp³-hybridized carbons (Fsp3) is 0.474. The number of nitrogens with one attached hydrogen (secondary N) is 2. The van der Waals surface area contributed by atoms with E-state index in [1.807, 2.05) is 31.2 Å². The molecule has 1 aliphatic heterocycles. The zero-order valence-electron chi connectivity index (χ0n) is 14.6. The summed E-state index contributed by atoms with van der Waals surface area (Å²) in [4.78, 5) is 16.3. The van der Waals surface area contributed by atoms with Crippen LogP contribution >= 0.6 is 0 Å². The molecule has 1 saturated heterocycles. The van der Waals surface area contributed by atoms with Crippen molar-refractivity contribution in [1.82, 2.24) is 15.6 Å². The number of aryl methyl sites for hydroxylation is 1. The summed E-state index contributed by atoms with van der Waals surface area (Å²) in [6.07, 6.45) is 6.16. The van der Waals surface area contributed by atoms with Crippen molar-refractivity contribution in [2.45, 2.75) is 45.3 Å². The number of nitrogens with zero attached hydrogens (tertiary/aromatic N) is 1. The van der Waals surface area contributed by atoms with Crippen LogP contribution in [-0.4, -0.2) is 30.3 Å². The molecule has 1 fully saturated rings. The Morgan fingerprint density at radius 3 is 2.84 bits per heavy atom. The number of rotatable bonds is 6. The Balaban J connectivity index is 1.39. The molecule has 3 rings (SSSR count). The predicted octanol–water partition coefficient (Wildman–Crippen LogP) is 3.41. The molecule has 6 heteroatoms. The molecule has 2 amide bonds. The Kier molecular flexibility index (Phi) is 6.06. The quantitative estimate of drug-likeness (QED) is 0.843. The van der Waals surface area contributed by atoms with Crippen LogP contribution < -0.4 is 10.6 Å². The van der Waals surface area contributed by atoms with Crippen LogP contribution in [0.5, 0.6) is 0 Å². The van der Waals surface area contributed by atoms with E-state index in [1.54, 1.807) is 6.26 Å². The summed E-state index contributed by atoms with van der Waals surface area (Å²) in [5, 5.41) is 5.65. The molecule has 6 nitrogen and oxygen atoms in total. The summed E-state index contributed by atoms with van der Waals surface area (Å²) in [5.41, 5.74) is 2.81. The van der Waals surface area contributed by atoms with Gasteiger partial charge in [0.05, 0.1) is 18.3 Å². The first-order valence-electron chi connectivity index (χ1n) is 8.85. The fourth-order valence-corrected chi connectivity index (χ4v) is 2.83. The number of hydrogen-bond donors (Lipinski definition) is 2. The van der Waals surface area contributed by atoms with E-state index in [9.17, 15) is 4.79 Å². The van der Waals surface area contributed by atoms with Crippen LogP contribution in [0.15, 0.2) is 34.9 Å². The lowest BCUT2D eigenvalue weighted by Crippen LogP contribution is -2.37. The Bertz CT molecular complexity index is 675. The molecule has 2 N–H and O–H groups in total. The normalized spacial score (nSPS) is 17.2. The number of amides is 2. The van der Waals surface area contributed by atoms with Crippen molar-refractivity contribution in [2.75, 3.05) is 13.2 Å². The number of benzene rings is 1. The molecular weight excluding hydrogens is 318 g/mol. The van der Waals surface area contributed by atoms with Crippen LogP contribution in [0.4, 0.5) is 4.79 Å². The maximum atomic E-state index is 11.9. The number of hydrogen-bond acceptors (Lipinski definition) is 4. The number of aromatic nitrogens is 1. The third kappa shape index (κ3) is 5.32. The van der Waals surface area contributed by atoms with Gasteiger partial charge in [0.2, 0.25) is 5.89 Å². The van der Waals surface area contributed by atoms with E-state index in [4.69, 9.17) is 9.15 Å². The summed E-state index contributed by atoms with van der Waals surface area (Å²) in [7, 11) is 0. The van der Waals surface area contributed by atoms with Gasteiger partial charge in [-0.05, 0) is 44.7 Å². The first-order valence-corrected chi connectivity index (χ1v) is 8.85. The van der Waals surface area contributed by atoms with Crippen molar-refractivity contribution in [3.05, 3.63) is 41.8 Å². The van der Waals surface area contributed by atoms with Crippen molar-refractivity contribution in [2.24, 2.45) is 0 Å². The van der Waals surface area contributed by atoms with Crippen LogP contribution in [-0.2, 0) is 11.3 Å². The molecule has 0 saturated carbocycles. The number of ether oxygens (including phenoxy) is 1. The van der Waals surface area contributed by atoms with Crippen LogP contribution in [0.25, 0.3) is 11.5 Å². The van der Waals surface area contributed by atoms with E-state index >= 15 is 0 Å². The summed E-state index contributed by atoms with van der Waals surface area (Å²) >= 11 is 0. The van der Waals surface area contributed by atoms with Gasteiger partial charge in [-0.25, -0.2) is 9.78 Å². The van der Waals surface area contributed by atoms with Crippen LogP contribution in [0.1, 0.15) is 36.9 Å². The van der Waals surface area contributed by atoms with E-state index in [2.05, 4.69) is 15.6 Å². The molecule has 0 bridgehead atoms. The van der Waals surface area contributed by atoms with Gasteiger partial charge in [-0.1, -0.05) is 17.7 Å². The molecule has 1 aromatic heterocycles. The maximum Gasteiger partial charge on any atom is 0.315 e. The minimum atomic E-state index is -0.198. The first kappa shape index (κ1) is 17.5. The smallest absolute Gasteiger partial charge is 0.315 e. The van der Waals surface area contributed by atoms with Crippen molar-refractivity contribution < 1.29 is 13.9 Å². The van der Waals surface area contributed by atoms with Gasteiger partial charge in [0.25, 0.3) is 0 Å². The largest absolute Gasteiger partial charge is 0.444 e. The van der Waals surface area contributed by atoms with Crippen LogP contribution in [0, 0.1) is 6.92 Å². The highest BCUT2D eigenvalue weighted by Gasteiger charge is 2.14. The molecule has 0 radical (unpaired) electrons.